The number of fused-ring (bicyclic) bond motifs is 1. The van der Waals surface area contributed by atoms with E-state index in [-0.39, 0.29) is 5.91 Å². The molecule has 0 aliphatic heterocycles. The van der Waals surface area contributed by atoms with Crippen LogP contribution in [0.1, 0.15) is 17.6 Å². The second kappa shape index (κ2) is 8.41. The van der Waals surface area contributed by atoms with Gasteiger partial charge in [-0.2, -0.15) is 0 Å². The zero-order valence-electron chi connectivity index (χ0n) is 15.2. The number of ether oxygens (including phenoxy) is 1. The standard InChI is InChI=1S/C21H18N2O3S2/c1-2-25-17-8-3-9-18-20(17)22-21(28-18)23(14-15-6-4-12-26-15)19(24)11-10-16-7-5-13-27-16/h3-13H,2,14H2,1H3/b11-10+. The molecule has 4 aromatic rings. The normalized spacial score (nSPS) is 11.3. The van der Waals surface area contributed by atoms with Gasteiger partial charge >= 0.3 is 0 Å². The molecule has 0 fully saturated rings. The number of amides is 1. The van der Waals surface area contributed by atoms with Gasteiger partial charge in [0.05, 0.1) is 24.1 Å². The molecular formula is C21H18N2O3S2. The average molecular weight is 411 g/mol. The average Bonchev–Trinajstić information content (AvgIpc) is 3.46. The van der Waals surface area contributed by atoms with Crippen LogP contribution in [0.4, 0.5) is 5.13 Å². The Bertz CT molecular complexity index is 1080. The molecule has 0 aliphatic carbocycles. The molecule has 0 radical (unpaired) electrons. The Labute approximate surface area is 170 Å². The molecular weight excluding hydrogens is 392 g/mol. The number of aromatic nitrogens is 1. The van der Waals surface area contributed by atoms with Crippen LogP contribution in [0, 0.1) is 0 Å². The van der Waals surface area contributed by atoms with Crippen molar-refractivity contribution >= 4 is 50.0 Å². The van der Waals surface area contributed by atoms with Gasteiger partial charge in [0, 0.05) is 11.0 Å². The van der Waals surface area contributed by atoms with Gasteiger partial charge in [-0.05, 0) is 48.7 Å². The predicted octanol–water partition coefficient (Wildman–Crippen LogP) is 5.60. The van der Waals surface area contributed by atoms with Gasteiger partial charge in [-0.1, -0.05) is 23.5 Å². The first-order valence-electron chi connectivity index (χ1n) is 8.82. The van der Waals surface area contributed by atoms with Crippen LogP contribution in [0.2, 0.25) is 0 Å². The van der Waals surface area contributed by atoms with Crippen molar-refractivity contribution in [1.82, 2.24) is 4.98 Å². The van der Waals surface area contributed by atoms with Crippen molar-refractivity contribution in [1.29, 1.82) is 0 Å². The first kappa shape index (κ1) is 18.5. The lowest BCUT2D eigenvalue weighted by Crippen LogP contribution is -2.28. The molecule has 0 atom stereocenters. The Morgan fingerprint density at radius 1 is 1.25 bits per heavy atom. The van der Waals surface area contributed by atoms with E-state index in [4.69, 9.17) is 14.1 Å². The fraction of sp³-hybridized carbons (Fsp3) is 0.143. The summed E-state index contributed by atoms with van der Waals surface area (Å²) in [4.78, 5) is 20.3. The number of para-hydroxylation sites is 1. The van der Waals surface area contributed by atoms with E-state index in [2.05, 4.69) is 0 Å². The number of nitrogens with zero attached hydrogens (tertiary/aromatic N) is 2. The summed E-state index contributed by atoms with van der Waals surface area (Å²) in [6.45, 7) is 2.81. The highest BCUT2D eigenvalue weighted by Gasteiger charge is 2.20. The summed E-state index contributed by atoms with van der Waals surface area (Å²) in [5.41, 5.74) is 0.767. The molecule has 0 bridgehead atoms. The number of carbonyl (C=O) groups is 1. The molecule has 0 saturated heterocycles. The number of thiophene rings is 1. The van der Waals surface area contributed by atoms with Crippen molar-refractivity contribution in [3.05, 3.63) is 70.8 Å². The third-order valence-corrected chi connectivity index (χ3v) is 5.88. The van der Waals surface area contributed by atoms with Gasteiger partial charge in [-0.15, -0.1) is 11.3 Å². The summed E-state index contributed by atoms with van der Waals surface area (Å²) in [5.74, 6) is 1.27. The molecule has 28 heavy (non-hydrogen) atoms. The van der Waals surface area contributed by atoms with Crippen LogP contribution < -0.4 is 9.64 Å². The van der Waals surface area contributed by atoms with Crippen molar-refractivity contribution < 1.29 is 13.9 Å². The molecule has 7 heteroatoms. The van der Waals surface area contributed by atoms with E-state index in [1.807, 2.05) is 60.8 Å². The highest BCUT2D eigenvalue weighted by Crippen LogP contribution is 2.35. The molecule has 1 amide bonds. The number of carbonyl (C=O) groups excluding carboxylic acids is 1. The second-order valence-corrected chi connectivity index (χ2v) is 7.87. The molecule has 0 unspecified atom stereocenters. The van der Waals surface area contributed by atoms with Gasteiger partial charge in [0.1, 0.15) is 17.0 Å². The SMILES string of the molecule is CCOc1cccc2sc(N(Cc3ccco3)C(=O)/C=C/c3cccs3)nc12. The molecule has 1 aromatic carbocycles. The Kier molecular flexibility index (Phi) is 5.55. The minimum absolute atomic E-state index is 0.151. The van der Waals surface area contributed by atoms with Crippen LogP contribution in [0.3, 0.4) is 0 Å². The van der Waals surface area contributed by atoms with Crippen molar-refractivity contribution in [3.63, 3.8) is 0 Å². The predicted molar refractivity (Wildman–Crippen MR) is 114 cm³/mol. The summed E-state index contributed by atoms with van der Waals surface area (Å²) in [7, 11) is 0. The van der Waals surface area contributed by atoms with Crippen LogP contribution in [0.15, 0.2) is 64.6 Å². The Hall–Kier alpha value is -2.90. The van der Waals surface area contributed by atoms with Gasteiger partial charge in [-0.25, -0.2) is 4.98 Å². The summed E-state index contributed by atoms with van der Waals surface area (Å²) in [5, 5.41) is 2.59. The van der Waals surface area contributed by atoms with Crippen LogP contribution in [-0.2, 0) is 11.3 Å². The number of benzene rings is 1. The number of rotatable bonds is 7. The van der Waals surface area contributed by atoms with Crippen molar-refractivity contribution in [3.8, 4) is 5.75 Å². The van der Waals surface area contributed by atoms with Gasteiger partial charge in [0.2, 0.25) is 0 Å². The highest BCUT2D eigenvalue weighted by molar-refractivity contribution is 7.22. The Morgan fingerprint density at radius 2 is 2.18 bits per heavy atom. The van der Waals surface area contributed by atoms with Crippen LogP contribution in [0.25, 0.3) is 16.3 Å². The Morgan fingerprint density at radius 3 is 2.93 bits per heavy atom. The molecule has 3 aromatic heterocycles. The smallest absolute Gasteiger partial charge is 0.253 e. The first-order valence-corrected chi connectivity index (χ1v) is 10.5. The summed E-state index contributed by atoms with van der Waals surface area (Å²) >= 11 is 3.04. The summed E-state index contributed by atoms with van der Waals surface area (Å²) < 4.78 is 12.1. The maximum atomic E-state index is 13.0. The number of furan rings is 1. The zero-order valence-corrected chi connectivity index (χ0v) is 16.8. The third kappa shape index (κ3) is 4.00. The lowest BCUT2D eigenvalue weighted by Gasteiger charge is -2.16. The lowest BCUT2D eigenvalue weighted by molar-refractivity contribution is -0.114. The molecule has 4 rings (SSSR count). The van der Waals surface area contributed by atoms with E-state index >= 15 is 0 Å². The van der Waals surface area contributed by atoms with Crippen LogP contribution >= 0.6 is 22.7 Å². The van der Waals surface area contributed by atoms with E-state index in [0.29, 0.717) is 24.0 Å². The topological polar surface area (TPSA) is 55.6 Å². The molecule has 0 spiro atoms. The lowest BCUT2D eigenvalue weighted by atomic mass is 10.3. The maximum absolute atomic E-state index is 13.0. The number of hydrogen-bond donors (Lipinski definition) is 0. The van der Waals surface area contributed by atoms with E-state index in [1.54, 1.807) is 28.6 Å². The largest absolute Gasteiger partial charge is 0.492 e. The monoisotopic (exact) mass is 410 g/mol. The zero-order chi connectivity index (χ0) is 19.3. The molecule has 142 valence electrons. The summed E-state index contributed by atoms with van der Waals surface area (Å²) in [6.07, 6.45) is 5.00. The summed E-state index contributed by atoms with van der Waals surface area (Å²) in [6, 6.07) is 13.4. The van der Waals surface area contributed by atoms with E-state index in [1.165, 1.54) is 11.3 Å². The first-order chi connectivity index (χ1) is 13.7. The van der Waals surface area contributed by atoms with E-state index in [9.17, 15) is 4.79 Å². The quantitative estimate of drug-likeness (QED) is 0.372. The van der Waals surface area contributed by atoms with Crippen molar-refractivity contribution in [2.75, 3.05) is 11.5 Å². The van der Waals surface area contributed by atoms with Gasteiger partial charge in [0.15, 0.2) is 5.13 Å². The fourth-order valence-electron chi connectivity index (χ4n) is 2.73. The molecule has 3 heterocycles. The number of hydrogen-bond acceptors (Lipinski definition) is 6. The minimum atomic E-state index is -0.151. The maximum Gasteiger partial charge on any atom is 0.253 e. The minimum Gasteiger partial charge on any atom is -0.492 e. The fourth-order valence-corrected chi connectivity index (χ4v) is 4.33. The molecule has 5 nitrogen and oxygen atoms in total. The molecule has 0 aliphatic rings. The van der Waals surface area contributed by atoms with E-state index < -0.39 is 0 Å². The second-order valence-electron chi connectivity index (χ2n) is 5.88. The van der Waals surface area contributed by atoms with Crippen LogP contribution in [0.5, 0.6) is 5.75 Å². The van der Waals surface area contributed by atoms with Gasteiger partial charge in [0.25, 0.3) is 5.91 Å². The third-order valence-electron chi connectivity index (χ3n) is 3.99. The van der Waals surface area contributed by atoms with Gasteiger partial charge in [-0.3, -0.25) is 9.69 Å². The number of anilines is 1. The highest BCUT2D eigenvalue weighted by atomic mass is 32.1. The Balaban J connectivity index is 1.69. The van der Waals surface area contributed by atoms with Gasteiger partial charge < -0.3 is 9.15 Å². The molecule has 0 saturated carbocycles. The molecule has 0 N–H and O–H groups in total. The van der Waals surface area contributed by atoms with E-state index in [0.717, 1.165) is 20.8 Å². The van der Waals surface area contributed by atoms with Crippen molar-refractivity contribution in [2.45, 2.75) is 13.5 Å². The van der Waals surface area contributed by atoms with Crippen LogP contribution in [-0.4, -0.2) is 17.5 Å². The number of thiazole rings is 1. The van der Waals surface area contributed by atoms with Crippen molar-refractivity contribution in [2.24, 2.45) is 0 Å².